The molecule has 2 rings (SSSR count). The Hall–Kier alpha value is -0.180. The first kappa shape index (κ1) is 16.2. The van der Waals surface area contributed by atoms with Crippen molar-refractivity contribution in [3.05, 3.63) is 34.9 Å². The molecule has 1 aromatic rings. The number of unbranched alkanes of at least 4 members (excludes halogenated alkanes) is 3. The second kappa shape index (κ2) is 8.96. The van der Waals surface area contributed by atoms with Crippen LogP contribution in [0.15, 0.2) is 24.3 Å². The topological polar surface area (TPSA) is 12.0 Å². The van der Waals surface area contributed by atoms with Crippen LogP contribution in [0, 0.1) is 0 Å². The zero-order valence-corrected chi connectivity index (χ0v) is 14.0. The van der Waals surface area contributed by atoms with E-state index < -0.39 is 0 Å². The maximum absolute atomic E-state index is 6.04. The molecule has 1 fully saturated rings. The first-order chi connectivity index (χ1) is 9.79. The number of thioether (sulfide) groups is 1. The van der Waals surface area contributed by atoms with Crippen molar-refractivity contribution in [3.8, 4) is 0 Å². The number of halogens is 1. The van der Waals surface area contributed by atoms with E-state index in [1.807, 2.05) is 17.8 Å². The fourth-order valence-corrected chi connectivity index (χ4v) is 3.54. The van der Waals surface area contributed by atoms with Gasteiger partial charge in [-0.15, -0.1) is 0 Å². The molecular weight excluding hydrogens is 286 g/mol. The van der Waals surface area contributed by atoms with E-state index in [0.717, 1.165) is 11.1 Å². The van der Waals surface area contributed by atoms with Crippen LogP contribution in [0.4, 0.5) is 0 Å². The van der Waals surface area contributed by atoms with E-state index in [2.05, 4.69) is 29.8 Å². The molecule has 1 N–H and O–H groups in total. The van der Waals surface area contributed by atoms with Crippen LogP contribution in [-0.2, 0) is 0 Å². The van der Waals surface area contributed by atoms with Gasteiger partial charge in [-0.1, -0.05) is 36.6 Å². The Morgan fingerprint density at radius 3 is 2.75 bits per heavy atom. The first-order valence-corrected chi connectivity index (χ1v) is 9.54. The zero-order valence-electron chi connectivity index (χ0n) is 12.4. The van der Waals surface area contributed by atoms with Gasteiger partial charge in [0.15, 0.2) is 0 Å². The van der Waals surface area contributed by atoms with E-state index >= 15 is 0 Å². The highest BCUT2D eigenvalue weighted by Gasteiger charge is 2.29. The Kier molecular flexibility index (Phi) is 7.26. The third-order valence-corrected chi connectivity index (χ3v) is 5.10. The Labute approximate surface area is 132 Å². The van der Waals surface area contributed by atoms with Gasteiger partial charge in [0.25, 0.3) is 0 Å². The Morgan fingerprint density at radius 1 is 1.20 bits per heavy atom. The molecule has 3 heteroatoms. The van der Waals surface area contributed by atoms with Crippen LogP contribution in [0.3, 0.4) is 0 Å². The minimum Gasteiger partial charge on any atom is -0.314 e. The Morgan fingerprint density at radius 2 is 2.00 bits per heavy atom. The molecule has 0 aromatic heterocycles. The van der Waals surface area contributed by atoms with Gasteiger partial charge in [-0.05, 0) is 67.9 Å². The third kappa shape index (κ3) is 5.31. The fraction of sp³-hybridized carbons (Fsp3) is 0.647. The summed E-state index contributed by atoms with van der Waals surface area (Å²) < 4.78 is 0. The van der Waals surface area contributed by atoms with Gasteiger partial charge < -0.3 is 5.32 Å². The van der Waals surface area contributed by atoms with E-state index in [-0.39, 0.29) is 0 Å². The fourth-order valence-electron chi connectivity index (χ4n) is 2.85. The van der Waals surface area contributed by atoms with Gasteiger partial charge in [0.05, 0.1) is 0 Å². The number of rotatable bonds is 9. The van der Waals surface area contributed by atoms with Crippen molar-refractivity contribution in [1.29, 1.82) is 0 Å². The molecule has 0 heterocycles. The summed E-state index contributed by atoms with van der Waals surface area (Å²) in [7, 11) is 0. The summed E-state index contributed by atoms with van der Waals surface area (Å²) in [5.74, 6) is 2.03. The second-order valence-electron chi connectivity index (χ2n) is 5.78. The number of benzene rings is 1. The van der Waals surface area contributed by atoms with Crippen molar-refractivity contribution < 1.29 is 0 Å². The van der Waals surface area contributed by atoms with Crippen LogP contribution in [0.1, 0.15) is 50.0 Å². The molecule has 1 saturated carbocycles. The molecule has 1 aliphatic rings. The van der Waals surface area contributed by atoms with Crippen LogP contribution in [0.5, 0.6) is 0 Å². The Bertz CT molecular complexity index is 390. The van der Waals surface area contributed by atoms with Crippen molar-refractivity contribution in [3.63, 3.8) is 0 Å². The molecule has 0 bridgehead atoms. The van der Waals surface area contributed by atoms with Gasteiger partial charge in [0.2, 0.25) is 0 Å². The lowest BCUT2D eigenvalue weighted by atomic mass is 9.76. The summed E-state index contributed by atoms with van der Waals surface area (Å²) >= 11 is 8.00. The summed E-state index contributed by atoms with van der Waals surface area (Å²) in [6, 6.07) is 9.07. The quantitative estimate of drug-likeness (QED) is 0.637. The normalized spacial score (nSPS) is 21.7. The molecule has 1 aliphatic carbocycles. The van der Waals surface area contributed by atoms with Crippen molar-refractivity contribution in [2.24, 2.45) is 0 Å². The highest BCUT2D eigenvalue weighted by molar-refractivity contribution is 7.98. The SMILES string of the molecule is CSCCCCCCNC1CC(c2cccc(Cl)c2)C1. The molecule has 0 spiro atoms. The number of hydrogen-bond donors (Lipinski definition) is 1. The predicted octanol–water partition coefficient (Wildman–Crippen LogP) is 5.10. The first-order valence-electron chi connectivity index (χ1n) is 7.77. The average Bonchev–Trinajstić information content (AvgIpc) is 2.39. The second-order valence-corrected chi connectivity index (χ2v) is 7.20. The molecule has 1 nitrogen and oxygen atoms in total. The molecule has 0 saturated heterocycles. The van der Waals surface area contributed by atoms with Crippen molar-refractivity contribution in [1.82, 2.24) is 5.32 Å². The molecular formula is C17H26ClNS. The van der Waals surface area contributed by atoms with E-state index in [0.29, 0.717) is 5.92 Å². The monoisotopic (exact) mass is 311 g/mol. The van der Waals surface area contributed by atoms with E-state index in [4.69, 9.17) is 11.6 Å². The van der Waals surface area contributed by atoms with E-state index in [1.54, 1.807) is 0 Å². The third-order valence-electron chi connectivity index (χ3n) is 4.17. The highest BCUT2D eigenvalue weighted by atomic mass is 35.5. The van der Waals surface area contributed by atoms with Gasteiger partial charge >= 0.3 is 0 Å². The minimum atomic E-state index is 0.716. The molecule has 0 aliphatic heterocycles. The predicted molar refractivity (Wildman–Crippen MR) is 92.1 cm³/mol. The Balaban J connectivity index is 1.52. The van der Waals surface area contributed by atoms with Crippen molar-refractivity contribution in [2.75, 3.05) is 18.6 Å². The van der Waals surface area contributed by atoms with Crippen LogP contribution in [0.25, 0.3) is 0 Å². The van der Waals surface area contributed by atoms with Crippen LogP contribution in [-0.4, -0.2) is 24.6 Å². The molecule has 1 aromatic carbocycles. The van der Waals surface area contributed by atoms with E-state index in [9.17, 15) is 0 Å². The standard InChI is InChI=1S/C17H26ClNS/c1-20-10-5-3-2-4-9-19-17-12-15(13-17)14-7-6-8-16(18)11-14/h6-8,11,15,17,19H,2-5,9-10,12-13H2,1H3. The number of nitrogens with one attached hydrogen (secondary N) is 1. The molecule has 0 atom stereocenters. The minimum absolute atomic E-state index is 0.716. The lowest BCUT2D eigenvalue weighted by Gasteiger charge is -2.36. The number of hydrogen-bond acceptors (Lipinski definition) is 2. The summed E-state index contributed by atoms with van der Waals surface area (Å²) in [5.41, 5.74) is 1.41. The van der Waals surface area contributed by atoms with Gasteiger partial charge in [-0.3, -0.25) is 0 Å². The summed E-state index contributed by atoms with van der Waals surface area (Å²) in [6.45, 7) is 1.19. The van der Waals surface area contributed by atoms with Crippen LogP contribution in [0.2, 0.25) is 5.02 Å². The van der Waals surface area contributed by atoms with Crippen LogP contribution < -0.4 is 5.32 Å². The van der Waals surface area contributed by atoms with Gasteiger partial charge in [0, 0.05) is 11.1 Å². The van der Waals surface area contributed by atoms with Gasteiger partial charge in [-0.2, -0.15) is 11.8 Å². The summed E-state index contributed by atoms with van der Waals surface area (Å²) in [6.07, 6.45) is 10.2. The van der Waals surface area contributed by atoms with E-state index in [1.165, 1.54) is 56.4 Å². The van der Waals surface area contributed by atoms with Crippen molar-refractivity contribution >= 4 is 23.4 Å². The molecule has 112 valence electrons. The zero-order chi connectivity index (χ0) is 14.2. The maximum Gasteiger partial charge on any atom is 0.0408 e. The molecule has 0 radical (unpaired) electrons. The lowest BCUT2D eigenvalue weighted by Crippen LogP contribution is -2.40. The van der Waals surface area contributed by atoms with Gasteiger partial charge in [0.1, 0.15) is 0 Å². The van der Waals surface area contributed by atoms with Crippen LogP contribution >= 0.6 is 23.4 Å². The summed E-state index contributed by atoms with van der Waals surface area (Å²) in [5, 5.41) is 4.55. The highest BCUT2D eigenvalue weighted by Crippen LogP contribution is 2.37. The maximum atomic E-state index is 6.04. The lowest BCUT2D eigenvalue weighted by molar-refractivity contribution is 0.289. The van der Waals surface area contributed by atoms with Crippen molar-refractivity contribution in [2.45, 2.75) is 50.5 Å². The summed E-state index contributed by atoms with van der Waals surface area (Å²) in [4.78, 5) is 0. The average molecular weight is 312 g/mol. The molecule has 0 unspecified atom stereocenters. The van der Waals surface area contributed by atoms with Gasteiger partial charge in [-0.25, -0.2) is 0 Å². The molecule has 0 amide bonds. The molecule has 20 heavy (non-hydrogen) atoms. The smallest absolute Gasteiger partial charge is 0.0408 e. The largest absolute Gasteiger partial charge is 0.314 e.